The van der Waals surface area contributed by atoms with E-state index in [1.165, 1.54) is 6.42 Å². The summed E-state index contributed by atoms with van der Waals surface area (Å²) < 4.78 is 6.00. The predicted octanol–water partition coefficient (Wildman–Crippen LogP) is 5.61. The Labute approximate surface area is 210 Å². The molecule has 5 rings (SSSR count). The molecule has 0 saturated carbocycles. The molecular formula is C28H29N7O. The fourth-order valence-electron chi connectivity index (χ4n) is 4.19. The minimum atomic E-state index is 0.465. The third-order valence-electron chi connectivity index (χ3n) is 6.12. The molecule has 1 fully saturated rings. The Balaban J connectivity index is 1.33. The van der Waals surface area contributed by atoms with Crippen molar-refractivity contribution in [1.29, 1.82) is 0 Å². The number of ether oxygens (including phenoxy) is 1. The molecule has 0 unspecified atom stereocenters. The molecule has 3 aromatic carbocycles. The maximum absolute atomic E-state index is 6.10. The Kier molecular flexibility index (Phi) is 7.02. The van der Waals surface area contributed by atoms with Crippen molar-refractivity contribution in [2.24, 2.45) is 15.9 Å². The number of likely N-dealkylation sites (tertiary alicyclic amines) is 1. The first-order valence-electron chi connectivity index (χ1n) is 12.1. The molecule has 182 valence electrons. The lowest BCUT2D eigenvalue weighted by molar-refractivity contribution is 0.338. The molecule has 8 nitrogen and oxygen atoms in total. The van der Waals surface area contributed by atoms with Crippen LogP contribution in [0, 0.1) is 6.92 Å². The molecule has 36 heavy (non-hydrogen) atoms. The molecule has 2 heterocycles. The van der Waals surface area contributed by atoms with Crippen molar-refractivity contribution in [3.63, 3.8) is 0 Å². The van der Waals surface area contributed by atoms with Gasteiger partial charge in [0.05, 0.1) is 11.7 Å². The number of aromatic nitrogens is 2. The largest absolute Gasteiger partial charge is 0.457 e. The maximum atomic E-state index is 6.10. The number of fused-ring (bicyclic) bond motifs is 1. The van der Waals surface area contributed by atoms with Crippen LogP contribution in [-0.4, -0.2) is 40.1 Å². The number of aryl methyl sites for hydroxylation is 1. The lowest BCUT2D eigenvalue weighted by atomic mass is 10.1. The fourth-order valence-corrected chi connectivity index (χ4v) is 4.19. The van der Waals surface area contributed by atoms with E-state index >= 15 is 0 Å². The van der Waals surface area contributed by atoms with Gasteiger partial charge < -0.3 is 20.7 Å². The third kappa shape index (κ3) is 5.60. The second-order valence-corrected chi connectivity index (χ2v) is 8.77. The van der Waals surface area contributed by atoms with Crippen LogP contribution in [0.25, 0.3) is 10.9 Å². The molecule has 0 amide bonds. The highest BCUT2D eigenvalue weighted by Crippen LogP contribution is 2.29. The number of hydrogen-bond donors (Lipinski definition) is 2. The first-order valence-corrected chi connectivity index (χ1v) is 12.1. The van der Waals surface area contributed by atoms with E-state index in [2.05, 4.69) is 30.4 Å². The van der Waals surface area contributed by atoms with E-state index in [-0.39, 0.29) is 0 Å². The molecule has 4 aromatic rings. The van der Waals surface area contributed by atoms with Crippen molar-refractivity contribution >= 4 is 34.6 Å². The Bertz CT molecular complexity index is 1400. The van der Waals surface area contributed by atoms with Gasteiger partial charge >= 0.3 is 0 Å². The maximum Gasteiger partial charge on any atom is 0.216 e. The van der Waals surface area contributed by atoms with Crippen LogP contribution in [0.2, 0.25) is 0 Å². The zero-order chi connectivity index (χ0) is 24.7. The number of guanidine groups is 1. The van der Waals surface area contributed by atoms with Gasteiger partial charge in [-0.15, -0.1) is 5.10 Å². The van der Waals surface area contributed by atoms with Crippen LogP contribution in [0.15, 0.2) is 83.3 Å². The number of rotatable bonds is 6. The Hall–Kier alpha value is -4.46. The molecule has 0 aliphatic carbocycles. The molecule has 3 N–H and O–H groups in total. The second kappa shape index (κ2) is 10.9. The van der Waals surface area contributed by atoms with Crippen molar-refractivity contribution < 1.29 is 4.74 Å². The Morgan fingerprint density at radius 3 is 2.64 bits per heavy atom. The van der Waals surface area contributed by atoms with Gasteiger partial charge in [0.15, 0.2) is 0 Å². The highest BCUT2D eigenvalue weighted by atomic mass is 16.5. The molecule has 1 saturated heterocycles. The van der Waals surface area contributed by atoms with Gasteiger partial charge in [0.2, 0.25) is 5.96 Å². The normalized spacial score (nSPS) is 14.4. The quantitative estimate of drug-likeness (QED) is 0.212. The van der Waals surface area contributed by atoms with E-state index in [1.54, 1.807) is 12.5 Å². The number of benzene rings is 3. The molecule has 0 spiro atoms. The van der Waals surface area contributed by atoms with Crippen LogP contribution in [-0.2, 0) is 0 Å². The average Bonchev–Trinajstić information content (AvgIpc) is 2.91. The van der Waals surface area contributed by atoms with Crippen LogP contribution >= 0.6 is 0 Å². The third-order valence-corrected chi connectivity index (χ3v) is 6.12. The highest BCUT2D eigenvalue weighted by Gasteiger charge is 2.12. The van der Waals surface area contributed by atoms with E-state index in [1.807, 2.05) is 73.7 Å². The summed E-state index contributed by atoms with van der Waals surface area (Å²) >= 11 is 0. The number of piperidine rings is 1. The van der Waals surface area contributed by atoms with Crippen molar-refractivity contribution in [3.05, 3.63) is 84.2 Å². The van der Waals surface area contributed by atoms with Crippen LogP contribution in [0.1, 0.15) is 30.4 Å². The van der Waals surface area contributed by atoms with E-state index in [0.29, 0.717) is 11.8 Å². The van der Waals surface area contributed by atoms with Gasteiger partial charge in [0.25, 0.3) is 0 Å². The van der Waals surface area contributed by atoms with Gasteiger partial charge in [-0.25, -0.2) is 9.97 Å². The highest BCUT2D eigenvalue weighted by molar-refractivity contribution is 5.95. The monoisotopic (exact) mass is 479 g/mol. The summed E-state index contributed by atoms with van der Waals surface area (Å²) in [4.78, 5) is 11.0. The zero-order valence-corrected chi connectivity index (χ0v) is 20.3. The predicted molar refractivity (Wildman–Crippen MR) is 145 cm³/mol. The lowest BCUT2D eigenvalue weighted by Crippen LogP contribution is -2.40. The first kappa shape index (κ1) is 23.3. The smallest absolute Gasteiger partial charge is 0.216 e. The summed E-state index contributed by atoms with van der Waals surface area (Å²) in [6.07, 6.45) is 6.79. The van der Waals surface area contributed by atoms with Crippen LogP contribution in [0.5, 0.6) is 11.5 Å². The lowest BCUT2D eigenvalue weighted by Gasteiger charge is -2.26. The minimum Gasteiger partial charge on any atom is -0.457 e. The molecule has 1 aliphatic heterocycles. The minimum absolute atomic E-state index is 0.465. The molecule has 8 heteroatoms. The van der Waals surface area contributed by atoms with Crippen LogP contribution < -0.4 is 15.8 Å². The van der Waals surface area contributed by atoms with E-state index in [4.69, 9.17) is 10.5 Å². The fraction of sp³-hybridized carbons (Fsp3) is 0.214. The van der Waals surface area contributed by atoms with Crippen LogP contribution in [0.4, 0.5) is 11.5 Å². The summed E-state index contributed by atoms with van der Waals surface area (Å²) in [5.74, 6) is 2.79. The number of para-hydroxylation sites is 1. The molecule has 1 aromatic heterocycles. The number of nitrogens with one attached hydrogen (secondary N) is 1. The van der Waals surface area contributed by atoms with Gasteiger partial charge in [-0.3, -0.25) is 0 Å². The van der Waals surface area contributed by atoms with Gasteiger partial charge in [-0.2, -0.15) is 5.10 Å². The summed E-state index contributed by atoms with van der Waals surface area (Å²) in [5.41, 5.74) is 9.75. The van der Waals surface area contributed by atoms with Crippen molar-refractivity contribution in [2.45, 2.75) is 26.2 Å². The van der Waals surface area contributed by atoms with Gasteiger partial charge in [0, 0.05) is 24.2 Å². The molecule has 0 bridgehead atoms. The molecule has 1 aliphatic rings. The number of nitrogens with two attached hydrogens (primary N) is 1. The van der Waals surface area contributed by atoms with Gasteiger partial charge in [-0.1, -0.05) is 24.3 Å². The van der Waals surface area contributed by atoms with Crippen molar-refractivity contribution in [1.82, 2.24) is 14.9 Å². The van der Waals surface area contributed by atoms with E-state index < -0.39 is 0 Å². The summed E-state index contributed by atoms with van der Waals surface area (Å²) in [7, 11) is 0. The zero-order valence-electron chi connectivity index (χ0n) is 20.3. The first-order chi connectivity index (χ1) is 17.7. The summed E-state index contributed by atoms with van der Waals surface area (Å²) in [6.45, 7) is 3.89. The molecular weight excluding hydrogens is 450 g/mol. The number of anilines is 2. The standard InChI is InChI=1S/C28H29N7O/c1-20-16-22(11-13-26(20)36-23-8-4-2-5-9-23)33-27-24-17-21(10-12-25(24)30-19-31-27)18-32-34-28(29)35-14-6-3-7-15-35/h2,4-5,8-13,16-19H,3,6-7,14-15H2,1H3,(H2,29,34)(H,30,31,33). The SMILES string of the molecule is Cc1cc(Nc2ncnc3ccc(C=NN=C(N)N4CCCCC4)cc23)ccc1Oc1ccccc1. The molecule has 0 atom stereocenters. The molecule has 0 radical (unpaired) electrons. The van der Waals surface area contributed by atoms with E-state index in [0.717, 1.165) is 65.1 Å². The number of nitrogens with zero attached hydrogens (tertiary/aromatic N) is 5. The van der Waals surface area contributed by atoms with Crippen molar-refractivity contribution in [2.75, 3.05) is 18.4 Å². The van der Waals surface area contributed by atoms with Crippen LogP contribution in [0.3, 0.4) is 0 Å². The Morgan fingerprint density at radius 2 is 1.83 bits per heavy atom. The topological polar surface area (TPSA) is 101 Å². The summed E-state index contributed by atoms with van der Waals surface area (Å²) in [6, 6.07) is 21.6. The summed E-state index contributed by atoms with van der Waals surface area (Å²) in [5, 5.41) is 12.7. The Morgan fingerprint density at radius 1 is 1.00 bits per heavy atom. The van der Waals surface area contributed by atoms with E-state index in [9.17, 15) is 0 Å². The van der Waals surface area contributed by atoms with Gasteiger partial charge in [-0.05, 0) is 79.8 Å². The average molecular weight is 480 g/mol. The van der Waals surface area contributed by atoms with Crippen molar-refractivity contribution in [3.8, 4) is 11.5 Å². The van der Waals surface area contributed by atoms with Gasteiger partial charge in [0.1, 0.15) is 23.6 Å². The number of hydrogen-bond acceptors (Lipinski definition) is 6. The second-order valence-electron chi connectivity index (χ2n) is 8.77.